The molecule has 0 spiro atoms. The Labute approximate surface area is 84.6 Å². The minimum Gasteiger partial charge on any atom is -0.383 e. The van der Waals surface area contributed by atoms with Gasteiger partial charge in [-0.3, -0.25) is 0 Å². The zero-order chi connectivity index (χ0) is 10.4. The van der Waals surface area contributed by atoms with E-state index >= 15 is 0 Å². The van der Waals surface area contributed by atoms with Crippen molar-refractivity contribution in [1.82, 2.24) is 10.5 Å². The Balaban J connectivity index is 2.30. The summed E-state index contributed by atoms with van der Waals surface area (Å²) in [4.78, 5) is 0. The van der Waals surface area contributed by atoms with Crippen LogP contribution in [-0.2, 0) is 17.7 Å². The van der Waals surface area contributed by atoms with Gasteiger partial charge in [-0.2, -0.15) is 0 Å². The molecule has 0 amide bonds. The Bertz CT molecular complexity index is 260. The number of hydrogen-bond acceptors (Lipinski definition) is 4. The monoisotopic (exact) mass is 198 g/mol. The summed E-state index contributed by atoms with van der Waals surface area (Å²) in [6, 6.07) is 2.31. The molecule has 0 aliphatic heterocycles. The molecule has 0 aliphatic carbocycles. The van der Waals surface area contributed by atoms with Gasteiger partial charge in [0.15, 0.2) is 5.76 Å². The number of rotatable bonds is 6. The Morgan fingerprint density at radius 3 is 3.00 bits per heavy atom. The van der Waals surface area contributed by atoms with Crippen LogP contribution in [0.4, 0.5) is 0 Å². The van der Waals surface area contributed by atoms with E-state index in [0.717, 1.165) is 17.9 Å². The summed E-state index contributed by atoms with van der Waals surface area (Å²) < 4.78 is 10.1. The molecule has 4 nitrogen and oxygen atoms in total. The first-order chi connectivity index (χ1) is 6.76. The summed E-state index contributed by atoms with van der Waals surface area (Å²) in [5.41, 5.74) is 1.00. The molecule has 1 aromatic heterocycles. The van der Waals surface area contributed by atoms with E-state index in [0.29, 0.717) is 19.2 Å². The van der Waals surface area contributed by atoms with Gasteiger partial charge in [-0.1, -0.05) is 12.1 Å². The summed E-state index contributed by atoms with van der Waals surface area (Å²) >= 11 is 0. The predicted molar refractivity (Wildman–Crippen MR) is 54.1 cm³/mol. The van der Waals surface area contributed by atoms with Gasteiger partial charge in [-0.15, -0.1) is 0 Å². The number of methoxy groups -OCH3 is 1. The number of nitrogens with zero attached hydrogens (tertiary/aromatic N) is 1. The van der Waals surface area contributed by atoms with Gasteiger partial charge in [-0.25, -0.2) is 0 Å². The maximum absolute atomic E-state index is 5.13. The van der Waals surface area contributed by atoms with Crippen LogP contribution in [0.3, 0.4) is 0 Å². The fourth-order valence-corrected chi connectivity index (χ4v) is 1.19. The Morgan fingerprint density at radius 2 is 2.43 bits per heavy atom. The van der Waals surface area contributed by atoms with Gasteiger partial charge in [0.1, 0.15) is 0 Å². The van der Waals surface area contributed by atoms with Crippen LogP contribution in [0, 0.1) is 0 Å². The van der Waals surface area contributed by atoms with Crippen LogP contribution in [0.5, 0.6) is 0 Å². The second-order valence-electron chi connectivity index (χ2n) is 3.38. The second kappa shape index (κ2) is 5.78. The summed E-state index contributed by atoms with van der Waals surface area (Å²) in [7, 11) is 1.70. The highest BCUT2D eigenvalue weighted by molar-refractivity contribution is 5.04. The second-order valence-corrected chi connectivity index (χ2v) is 3.38. The van der Waals surface area contributed by atoms with E-state index in [9.17, 15) is 0 Å². The number of hydrogen-bond donors (Lipinski definition) is 1. The number of ether oxygens (including phenoxy) is 1. The third-order valence-electron chi connectivity index (χ3n) is 2.01. The van der Waals surface area contributed by atoms with Gasteiger partial charge < -0.3 is 14.6 Å². The van der Waals surface area contributed by atoms with Gasteiger partial charge in [0.25, 0.3) is 0 Å². The lowest BCUT2D eigenvalue weighted by molar-refractivity contribution is 0.170. The summed E-state index contributed by atoms with van der Waals surface area (Å²) in [6.07, 6.45) is 0.914. The molecule has 0 radical (unpaired) electrons. The van der Waals surface area contributed by atoms with Crippen LogP contribution in [-0.4, -0.2) is 24.9 Å². The SMILES string of the molecule is CCc1cc(CNC(C)COC)on1. The zero-order valence-corrected chi connectivity index (χ0v) is 9.04. The van der Waals surface area contributed by atoms with E-state index < -0.39 is 0 Å². The molecule has 1 aromatic rings. The van der Waals surface area contributed by atoms with Crippen LogP contribution in [0.2, 0.25) is 0 Å². The largest absolute Gasteiger partial charge is 0.383 e. The van der Waals surface area contributed by atoms with Crippen molar-refractivity contribution in [2.75, 3.05) is 13.7 Å². The minimum absolute atomic E-state index is 0.329. The van der Waals surface area contributed by atoms with Gasteiger partial charge in [0, 0.05) is 19.2 Å². The molecule has 0 aliphatic rings. The molecule has 1 unspecified atom stereocenters. The summed E-state index contributed by atoms with van der Waals surface area (Å²) in [5, 5.41) is 7.19. The van der Waals surface area contributed by atoms with E-state index in [1.807, 2.05) is 6.07 Å². The van der Waals surface area contributed by atoms with Crippen LogP contribution < -0.4 is 5.32 Å². The predicted octanol–water partition coefficient (Wildman–Crippen LogP) is 1.36. The molecule has 1 rings (SSSR count). The highest BCUT2D eigenvalue weighted by Crippen LogP contribution is 2.03. The van der Waals surface area contributed by atoms with Crippen molar-refractivity contribution in [2.24, 2.45) is 0 Å². The zero-order valence-electron chi connectivity index (χ0n) is 9.04. The number of nitrogens with one attached hydrogen (secondary N) is 1. The molecular formula is C10H18N2O2. The first kappa shape index (κ1) is 11.2. The third-order valence-corrected chi connectivity index (χ3v) is 2.01. The molecule has 14 heavy (non-hydrogen) atoms. The van der Waals surface area contributed by atoms with E-state index in [4.69, 9.17) is 9.26 Å². The van der Waals surface area contributed by atoms with Crippen molar-refractivity contribution >= 4 is 0 Å². The van der Waals surface area contributed by atoms with Gasteiger partial charge in [0.05, 0.1) is 18.8 Å². The lowest BCUT2D eigenvalue weighted by Gasteiger charge is -2.10. The maximum Gasteiger partial charge on any atom is 0.150 e. The lowest BCUT2D eigenvalue weighted by Crippen LogP contribution is -2.29. The first-order valence-corrected chi connectivity index (χ1v) is 4.93. The van der Waals surface area contributed by atoms with Crippen LogP contribution in [0.1, 0.15) is 25.3 Å². The first-order valence-electron chi connectivity index (χ1n) is 4.93. The maximum atomic E-state index is 5.13. The highest BCUT2D eigenvalue weighted by Gasteiger charge is 2.04. The van der Waals surface area contributed by atoms with Crippen molar-refractivity contribution in [3.05, 3.63) is 17.5 Å². The molecule has 0 bridgehead atoms. The topological polar surface area (TPSA) is 47.3 Å². The van der Waals surface area contributed by atoms with Crippen LogP contribution in [0.15, 0.2) is 10.6 Å². The average molecular weight is 198 g/mol. The summed E-state index contributed by atoms with van der Waals surface area (Å²) in [6.45, 7) is 5.54. The van der Waals surface area contributed by atoms with E-state index in [1.54, 1.807) is 7.11 Å². The van der Waals surface area contributed by atoms with Gasteiger partial charge >= 0.3 is 0 Å². The quantitative estimate of drug-likeness (QED) is 0.749. The molecule has 1 N–H and O–H groups in total. The van der Waals surface area contributed by atoms with Crippen molar-refractivity contribution in [3.8, 4) is 0 Å². The Kier molecular flexibility index (Phi) is 4.62. The number of aromatic nitrogens is 1. The van der Waals surface area contributed by atoms with Gasteiger partial charge in [-0.05, 0) is 13.3 Å². The fourth-order valence-electron chi connectivity index (χ4n) is 1.19. The van der Waals surface area contributed by atoms with Crippen molar-refractivity contribution in [1.29, 1.82) is 0 Å². The van der Waals surface area contributed by atoms with E-state index in [2.05, 4.69) is 24.3 Å². The fraction of sp³-hybridized carbons (Fsp3) is 0.700. The molecule has 0 aromatic carbocycles. The molecule has 1 heterocycles. The lowest BCUT2D eigenvalue weighted by atomic mass is 10.3. The molecule has 0 saturated heterocycles. The average Bonchev–Trinajstić information content (AvgIpc) is 2.63. The molecule has 0 fully saturated rings. The van der Waals surface area contributed by atoms with E-state index in [-0.39, 0.29) is 0 Å². The van der Waals surface area contributed by atoms with Crippen molar-refractivity contribution < 1.29 is 9.26 Å². The molecule has 4 heteroatoms. The van der Waals surface area contributed by atoms with Crippen molar-refractivity contribution in [3.63, 3.8) is 0 Å². The van der Waals surface area contributed by atoms with Gasteiger partial charge in [0.2, 0.25) is 0 Å². The standard InChI is InChI=1S/C10H18N2O2/c1-4-9-5-10(14-12-9)6-11-8(2)7-13-3/h5,8,11H,4,6-7H2,1-3H3. The third kappa shape index (κ3) is 3.47. The van der Waals surface area contributed by atoms with Crippen LogP contribution in [0.25, 0.3) is 0 Å². The van der Waals surface area contributed by atoms with E-state index in [1.165, 1.54) is 0 Å². The highest BCUT2D eigenvalue weighted by atomic mass is 16.5. The summed E-state index contributed by atoms with van der Waals surface area (Å²) in [5.74, 6) is 0.879. The smallest absolute Gasteiger partial charge is 0.150 e. The molecule has 80 valence electrons. The molecular weight excluding hydrogens is 180 g/mol. The Hall–Kier alpha value is -0.870. The van der Waals surface area contributed by atoms with Crippen molar-refractivity contribution in [2.45, 2.75) is 32.9 Å². The number of aryl methyl sites for hydroxylation is 1. The normalized spacial score (nSPS) is 13.1. The van der Waals surface area contributed by atoms with Crippen LogP contribution >= 0.6 is 0 Å². The Morgan fingerprint density at radius 1 is 1.64 bits per heavy atom. The molecule has 1 atom stereocenters. The minimum atomic E-state index is 0.329. The molecule has 0 saturated carbocycles.